The van der Waals surface area contributed by atoms with E-state index >= 15 is 0 Å². The van der Waals surface area contributed by atoms with Gasteiger partial charge in [0.25, 0.3) is 0 Å². The molecule has 0 spiro atoms. The molecule has 1 atom stereocenters. The zero-order valence-electron chi connectivity index (χ0n) is 14.9. The summed E-state index contributed by atoms with van der Waals surface area (Å²) in [7, 11) is 3.85. The van der Waals surface area contributed by atoms with Crippen molar-refractivity contribution in [2.24, 2.45) is 0 Å². The van der Waals surface area contributed by atoms with Crippen molar-refractivity contribution >= 4 is 34.8 Å². The van der Waals surface area contributed by atoms with Gasteiger partial charge in [0.15, 0.2) is 0 Å². The van der Waals surface area contributed by atoms with Gasteiger partial charge in [-0.3, -0.25) is 9.59 Å². The van der Waals surface area contributed by atoms with Crippen LogP contribution < -0.4 is 15.5 Å². The van der Waals surface area contributed by atoms with Crippen molar-refractivity contribution in [2.75, 3.05) is 30.9 Å². The molecule has 2 amide bonds. The zero-order chi connectivity index (χ0) is 19.3. The highest BCUT2D eigenvalue weighted by Crippen LogP contribution is 2.22. The van der Waals surface area contributed by atoms with E-state index in [1.54, 1.807) is 37.3 Å². The summed E-state index contributed by atoms with van der Waals surface area (Å²) < 4.78 is 0. The van der Waals surface area contributed by atoms with Crippen molar-refractivity contribution in [1.29, 1.82) is 0 Å². The number of carbonyl (C=O) groups is 2. The lowest BCUT2D eigenvalue weighted by molar-refractivity contribution is -0.136. The number of aliphatic hydroxyl groups excluding tert-OH is 1. The molecule has 0 aliphatic rings. The molecule has 2 aromatic carbocycles. The van der Waals surface area contributed by atoms with Gasteiger partial charge in [0, 0.05) is 37.0 Å². The first kappa shape index (κ1) is 19.8. The Bertz CT molecular complexity index is 791. The molecule has 0 aliphatic heterocycles. The molecule has 0 bridgehead atoms. The summed E-state index contributed by atoms with van der Waals surface area (Å²) in [5, 5.41) is 15.6. The smallest absolute Gasteiger partial charge is 0.313 e. The van der Waals surface area contributed by atoms with Crippen LogP contribution in [-0.2, 0) is 9.59 Å². The lowest BCUT2D eigenvalue weighted by Gasteiger charge is -2.16. The Balaban J connectivity index is 1.90. The summed E-state index contributed by atoms with van der Waals surface area (Å²) >= 11 is 5.99. The zero-order valence-corrected chi connectivity index (χ0v) is 15.7. The minimum absolute atomic E-state index is 0.0674. The first-order valence-electron chi connectivity index (χ1n) is 8.09. The van der Waals surface area contributed by atoms with Gasteiger partial charge in [-0.05, 0) is 42.3 Å². The summed E-state index contributed by atoms with van der Waals surface area (Å²) in [6, 6.07) is 12.3. The molecule has 0 saturated heterocycles. The molecule has 0 saturated carbocycles. The van der Waals surface area contributed by atoms with Crippen molar-refractivity contribution < 1.29 is 14.7 Å². The van der Waals surface area contributed by atoms with E-state index in [-0.39, 0.29) is 6.54 Å². The summed E-state index contributed by atoms with van der Waals surface area (Å²) in [5.41, 5.74) is 2.80. The molecule has 1 unspecified atom stereocenters. The molecule has 0 heterocycles. The number of rotatable bonds is 5. The maximum absolute atomic E-state index is 12.0. The molecule has 6 nitrogen and oxygen atoms in total. The van der Waals surface area contributed by atoms with E-state index in [1.807, 2.05) is 31.1 Å². The molecular weight excluding hydrogens is 354 g/mol. The van der Waals surface area contributed by atoms with E-state index in [2.05, 4.69) is 10.6 Å². The number of benzene rings is 2. The van der Waals surface area contributed by atoms with Crippen LogP contribution in [0.25, 0.3) is 0 Å². The van der Waals surface area contributed by atoms with Gasteiger partial charge >= 0.3 is 11.8 Å². The van der Waals surface area contributed by atoms with E-state index in [0.717, 1.165) is 5.69 Å². The van der Waals surface area contributed by atoms with Crippen molar-refractivity contribution in [2.45, 2.75) is 13.0 Å². The molecule has 138 valence electrons. The van der Waals surface area contributed by atoms with Gasteiger partial charge in [-0.2, -0.15) is 0 Å². The predicted molar refractivity (Wildman–Crippen MR) is 104 cm³/mol. The summed E-state index contributed by atoms with van der Waals surface area (Å²) in [4.78, 5) is 25.9. The predicted octanol–water partition coefficient (Wildman–Crippen LogP) is 2.50. The Morgan fingerprint density at radius 3 is 2.38 bits per heavy atom. The van der Waals surface area contributed by atoms with E-state index in [9.17, 15) is 14.7 Å². The highest BCUT2D eigenvalue weighted by atomic mass is 35.5. The Hall–Kier alpha value is -2.57. The normalized spacial score (nSPS) is 11.6. The monoisotopic (exact) mass is 375 g/mol. The number of aliphatic hydroxyl groups is 1. The average molecular weight is 376 g/mol. The average Bonchev–Trinajstić information content (AvgIpc) is 2.63. The van der Waals surface area contributed by atoms with Gasteiger partial charge in [-0.15, -0.1) is 0 Å². The number of hydrogen-bond donors (Lipinski definition) is 3. The number of anilines is 2. The van der Waals surface area contributed by atoms with Crippen LogP contribution in [0.15, 0.2) is 42.5 Å². The Kier molecular flexibility index (Phi) is 6.60. The van der Waals surface area contributed by atoms with Crippen LogP contribution in [0.4, 0.5) is 11.4 Å². The maximum Gasteiger partial charge on any atom is 0.313 e. The minimum atomic E-state index is -0.907. The number of nitrogens with one attached hydrogen (secondary N) is 2. The van der Waals surface area contributed by atoms with Crippen LogP contribution in [0, 0.1) is 6.92 Å². The van der Waals surface area contributed by atoms with Crippen molar-refractivity contribution in [1.82, 2.24) is 5.32 Å². The van der Waals surface area contributed by atoms with Gasteiger partial charge in [0.05, 0.1) is 6.10 Å². The third kappa shape index (κ3) is 4.97. The molecule has 7 heteroatoms. The maximum atomic E-state index is 12.0. The Morgan fingerprint density at radius 2 is 1.77 bits per heavy atom. The number of carbonyl (C=O) groups excluding carboxylic acids is 2. The van der Waals surface area contributed by atoms with Gasteiger partial charge < -0.3 is 20.6 Å². The molecule has 2 aromatic rings. The van der Waals surface area contributed by atoms with Gasteiger partial charge in [-0.25, -0.2) is 0 Å². The summed E-state index contributed by atoms with van der Waals surface area (Å²) in [5.74, 6) is -1.64. The molecule has 0 radical (unpaired) electrons. The molecule has 0 aliphatic carbocycles. The fraction of sp³-hybridized carbons (Fsp3) is 0.263. The Labute approximate surface area is 157 Å². The quantitative estimate of drug-likeness (QED) is 0.701. The van der Waals surface area contributed by atoms with Crippen LogP contribution in [0.1, 0.15) is 17.2 Å². The van der Waals surface area contributed by atoms with E-state index in [4.69, 9.17) is 11.6 Å². The van der Waals surface area contributed by atoms with Crippen molar-refractivity contribution in [3.63, 3.8) is 0 Å². The highest BCUT2D eigenvalue weighted by molar-refractivity contribution is 6.40. The number of amides is 2. The van der Waals surface area contributed by atoms with Gasteiger partial charge in [0.2, 0.25) is 0 Å². The third-order valence-electron chi connectivity index (χ3n) is 3.97. The topological polar surface area (TPSA) is 81.7 Å². The first-order chi connectivity index (χ1) is 12.3. The molecule has 3 N–H and O–H groups in total. The molecule has 26 heavy (non-hydrogen) atoms. The third-order valence-corrected chi connectivity index (χ3v) is 4.38. The fourth-order valence-corrected chi connectivity index (χ4v) is 2.48. The number of halogens is 1. The second-order valence-corrected chi connectivity index (χ2v) is 6.49. The van der Waals surface area contributed by atoms with Crippen LogP contribution >= 0.6 is 11.6 Å². The molecular formula is C19H22ClN3O3. The Morgan fingerprint density at radius 1 is 1.12 bits per heavy atom. The lowest BCUT2D eigenvalue weighted by Crippen LogP contribution is -2.37. The van der Waals surface area contributed by atoms with Crippen LogP contribution in [0.3, 0.4) is 0 Å². The minimum Gasteiger partial charge on any atom is -0.387 e. The summed E-state index contributed by atoms with van der Waals surface area (Å²) in [6.07, 6.45) is -0.907. The van der Waals surface area contributed by atoms with E-state index in [0.29, 0.717) is 21.8 Å². The standard InChI is InChI=1S/C19H22ClN3O3/c1-12-15(20)5-4-6-16(12)22-19(26)18(25)21-11-17(24)13-7-9-14(10-8-13)23(2)3/h4-10,17,24H,11H2,1-3H3,(H,21,25)(H,22,26). The number of nitrogens with zero attached hydrogens (tertiary/aromatic N) is 1. The van der Waals surface area contributed by atoms with Crippen LogP contribution in [-0.4, -0.2) is 37.6 Å². The number of hydrogen-bond acceptors (Lipinski definition) is 4. The van der Waals surface area contributed by atoms with Gasteiger partial charge in [-0.1, -0.05) is 29.8 Å². The van der Waals surface area contributed by atoms with Gasteiger partial charge in [0.1, 0.15) is 0 Å². The lowest BCUT2D eigenvalue weighted by atomic mass is 10.1. The van der Waals surface area contributed by atoms with E-state index in [1.165, 1.54) is 0 Å². The molecule has 0 aromatic heterocycles. The van der Waals surface area contributed by atoms with Crippen LogP contribution in [0.5, 0.6) is 0 Å². The summed E-state index contributed by atoms with van der Waals surface area (Å²) in [6.45, 7) is 1.68. The second kappa shape index (κ2) is 8.69. The molecule has 2 rings (SSSR count). The van der Waals surface area contributed by atoms with Crippen molar-refractivity contribution in [3.05, 3.63) is 58.6 Å². The van der Waals surface area contributed by atoms with E-state index < -0.39 is 17.9 Å². The SMILES string of the molecule is Cc1c(Cl)cccc1NC(=O)C(=O)NCC(O)c1ccc(N(C)C)cc1. The highest BCUT2D eigenvalue weighted by Gasteiger charge is 2.17. The second-order valence-electron chi connectivity index (χ2n) is 6.08. The van der Waals surface area contributed by atoms with Crippen LogP contribution in [0.2, 0.25) is 5.02 Å². The largest absolute Gasteiger partial charge is 0.387 e. The fourth-order valence-electron chi connectivity index (χ4n) is 2.30. The van der Waals surface area contributed by atoms with Crippen molar-refractivity contribution in [3.8, 4) is 0 Å². The molecule has 0 fully saturated rings. The first-order valence-corrected chi connectivity index (χ1v) is 8.47.